The Kier molecular flexibility index (Phi) is 6.99. The molecule has 10 heteroatoms. The monoisotopic (exact) mass is 440 g/mol. The van der Waals surface area contributed by atoms with E-state index in [1.807, 2.05) is 6.26 Å². The normalized spacial score (nSPS) is 14.3. The van der Waals surface area contributed by atoms with Gasteiger partial charge in [0.05, 0.1) is 4.90 Å². The Labute approximate surface area is 173 Å². The molecule has 0 saturated heterocycles. The maximum atomic E-state index is 13.1. The Morgan fingerprint density at radius 2 is 1.83 bits per heavy atom. The van der Waals surface area contributed by atoms with Gasteiger partial charge in [-0.15, -0.1) is 0 Å². The second-order valence-electron chi connectivity index (χ2n) is 6.26. The molecule has 0 saturated carbocycles. The lowest BCUT2D eigenvalue weighted by Crippen LogP contribution is -2.44. The van der Waals surface area contributed by atoms with E-state index >= 15 is 0 Å². The largest absolute Gasteiger partial charge is 0.486 e. The van der Waals surface area contributed by atoms with Crippen LogP contribution in [0.3, 0.4) is 0 Å². The molecule has 0 fully saturated rings. The van der Waals surface area contributed by atoms with Crippen molar-refractivity contribution >= 4 is 33.4 Å². The van der Waals surface area contributed by atoms with Gasteiger partial charge in [0.25, 0.3) is 0 Å². The number of sulfonamides is 1. The molecule has 0 aromatic heterocycles. The molecule has 0 aliphatic carbocycles. The van der Waals surface area contributed by atoms with Crippen LogP contribution >= 0.6 is 11.8 Å². The SMILES string of the molecule is CSCCC(NS(=O)(=O)c1ccc2c(c1)OCCO2)C(=O)Nc1ccc(F)cc1. The first-order chi connectivity index (χ1) is 13.9. The molecule has 3 rings (SSSR count). The van der Waals surface area contributed by atoms with Crippen molar-refractivity contribution in [3.05, 3.63) is 48.3 Å². The first-order valence-electron chi connectivity index (χ1n) is 8.86. The van der Waals surface area contributed by atoms with E-state index < -0.39 is 27.8 Å². The van der Waals surface area contributed by atoms with Gasteiger partial charge in [-0.05, 0) is 54.8 Å². The van der Waals surface area contributed by atoms with Crippen LogP contribution in [-0.2, 0) is 14.8 Å². The fourth-order valence-corrected chi connectivity index (χ4v) is 4.40. The highest BCUT2D eigenvalue weighted by Gasteiger charge is 2.27. The molecular formula is C19H21FN2O5S2. The van der Waals surface area contributed by atoms with Gasteiger partial charge in [0.1, 0.15) is 25.1 Å². The highest BCUT2D eigenvalue weighted by molar-refractivity contribution is 7.98. The summed E-state index contributed by atoms with van der Waals surface area (Å²) in [6.45, 7) is 0.734. The van der Waals surface area contributed by atoms with E-state index in [4.69, 9.17) is 9.47 Å². The molecule has 1 unspecified atom stereocenters. The zero-order valence-electron chi connectivity index (χ0n) is 15.7. The van der Waals surface area contributed by atoms with E-state index in [2.05, 4.69) is 10.0 Å². The summed E-state index contributed by atoms with van der Waals surface area (Å²) < 4.78 is 52.0. The van der Waals surface area contributed by atoms with Crippen LogP contribution in [0.4, 0.5) is 10.1 Å². The van der Waals surface area contributed by atoms with Crippen molar-refractivity contribution in [1.29, 1.82) is 0 Å². The molecule has 29 heavy (non-hydrogen) atoms. The zero-order valence-corrected chi connectivity index (χ0v) is 17.3. The Morgan fingerprint density at radius 3 is 2.52 bits per heavy atom. The highest BCUT2D eigenvalue weighted by atomic mass is 32.2. The van der Waals surface area contributed by atoms with E-state index in [-0.39, 0.29) is 11.3 Å². The first kappa shape index (κ1) is 21.4. The van der Waals surface area contributed by atoms with Gasteiger partial charge in [0.15, 0.2) is 11.5 Å². The summed E-state index contributed by atoms with van der Waals surface area (Å²) in [5, 5.41) is 2.62. The van der Waals surface area contributed by atoms with Crippen LogP contribution in [0, 0.1) is 5.82 Å². The summed E-state index contributed by atoms with van der Waals surface area (Å²) in [5.74, 6) is 0.442. The number of carbonyl (C=O) groups excluding carboxylic acids is 1. The third-order valence-electron chi connectivity index (χ3n) is 4.16. The predicted molar refractivity (Wildman–Crippen MR) is 110 cm³/mol. The molecule has 2 aromatic rings. The summed E-state index contributed by atoms with van der Waals surface area (Å²) in [6.07, 6.45) is 2.15. The number of amides is 1. The van der Waals surface area contributed by atoms with Gasteiger partial charge >= 0.3 is 0 Å². The molecule has 7 nitrogen and oxygen atoms in total. The molecule has 1 aliphatic rings. The van der Waals surface area contributed by atoms with Crippen molar-refractivity contribution in [1.82, 2.24) is 4.72 Å². The summed E-state index contributed by atoms with van der Waals surface area (Å²) >= 11 is 1.50. The van der Waals surface area contributed by atoms with Crippen LogP contribution in [0.15, 0.2) is 47.4 Å². The second-order valence-corrected chi connectivity index (χ2v) is 8.96. The average molecular weight is 441 g/mol. The van der Waals surface area contributed by atoms with Crippen LogP contribution in [0.2, 0.25) is 0 Å². The summed E-state index contributed by atoms with van der Waals surface area (Å²) in [4.78, 5) is 12.6. The standard InChI is InChI=1S/C19H21FN2O5S2/c1-28-11-8-16(19(23)21-14-4-2-13(20)3-5-14)22-29(24,25)15-6-7-17-18(12-15)27-10-9-26-17/h2-7,12,16,22H,8-11H2,1H3,(H,21,23). The fraction of sp³-hybridized carbons (Fsp3) is 0.316. The van der Waals surface area contributed by atoms with Gasteiger partial charge in [-0.2, -0.15) is 16.5 Å². The minimum atomic E-state index is -3.98. The minimum absolute atomic E-state index is 0.0227. The van der Waals surface area contributed by atoms with Crippen molar-refractivity contribution in [3.8, 4) is 11.5 Å². The van der Waals surface area contributed by atoms with E-state index in [1.165, 1.54) is 54.2 Å². The van der Waals surface area contributed by atoms with Crippen LogP contribution < -0.4 is 19.5 Å². The number of halogens is 1. The molecule has 1 amide bonds. The smallest absolute Gasteiger partial charge is 0.242 e. The van der Waals surface area contributed by atoms with Gasteiger partial charge in [-0.3, -0.25) is 4.79 Å². The lowest BCUT2D eigenvalue weighted by Gasteiger charge is -2.21. The number of hydrogen-bond donors (Lipinski definition) is 2. The molecule has 2 N–H and O–H groups in total. The molecule has 0 radical (unpaired) electrons. The first-order valence-corrected chi connectivity index (χ1v) is 11.7. The number of fused-ring (bicyclic) bond motifs is 1. The third kappa shape index (κ3) is 5.62. The number of hydrogen-bond acceptors (Lipinski definition) is 6. The third-order valence-corrected chi connectivity index (χ3v) is 6.27. The highest BCUT2D eigenvalue weighted by Crippen LogP contribution is 2.32. The molecule has 1 aliphatic heterocycles. The van der Waals surface area contributed by atoms with Gasteiger partial charge in [-0.1, -0.05) is 0 Å². The van der Waals surface area contributed by atoms with E-state index in [9.17, 15) is 17.6 Å². The predicted octanol–water partition coefficient (Wildman–Crippen LogP) is 2.64. The van der Waals surface area contributed by atoms with Crippen molar-refractivity contribution < 1.29 is 27.1 Å². The molecule has 0 spiro atoms. The zero-order chi connectivity index (χ0) is 20.9. The number of ether oxygens (including phenoxy) is 2. The summed E-state index contributed by atoms with van der Waals surface area (Å²) in [7, 11) is -3.98. The number of anilines is 1. The van der Waals surface area contributed by atoms with Crippen molar-refractivity contribution in [2.75, 3.05) is 30.5 Å². The lowest BCUT2D eigenvalue weighted by atomic mass is 10.2. The lowest BCUT2D eigenvalue weighted by molar-refractivity contribution is -0.117. The molecule has 0 bridgehead atoms. The maximum absolute atomic E-state index is 13.1. The average Bonchev–Trinajstić information content (AvgIpc) is 2.72. The van der Waals surface area contributed by atoms with E-state index in [0.717, 1.165) is 0 Å². The number of rotatable bonds is 8. The molecule has 2 aromatic carbocycles. The molecule has 1 atom stereocenters. The number of thioether (sulfide) groups is 1. The Morgan fingerprint density at radius 1 is 1.14 bits per heavy atom. The topological polar surface area (TPSA) is 93.7 Å². The van der Waals surface area contributed by atoms with E-state index in [0.29, 0.717) is 36.2 Å². The van der Waals surface area contributed by atoms with Crippen molar-refractivity contribution in [2.45, 2.75) is 17.4 Å². The van der Waals surface area contributed by atoms with Crippen LogP contribution in [-0.4, -0.2) is 45.6 Å². The second kappa shape index (κ2) is 9.47. The number of carbonyl (C=O) groups is 1. The van der Waals surface area contributed by atoms with Gasteiger partial charge < -0.3 is 14.8 Å². The van der Waals surface area contributed by atoms with Crippen molar-refractivity contribution in [2.24, 2.45) is 0 Å². The summed E-state index contributed by atoms with van der Waals surface area (Å²) in [6, 6.07) is 8.56. The van der Waals surface area contributed by atoms with Gasteiger partial charge in [-0.25, -0.2) is 12.8 Å². The maximum Gasteiger partial charge on any atom is 0.242 e. The number of benzene rings is 2. The van der Waals surface area contributed by atoms with Crippen LogP contribution in [0.25, 0.3) is 0 Å². The molecular weight excluding hydrogens is 419 g/mol. The Balaban J connectivity index is 1.77. The van der Waals surface area contributed by atoms with Crippen LogP contribution in [0.1, 0.15) is 6.42 Å². The molecule has 156 valence electrons. The van der Waals surface area contributed by atoms with Gasteiger partial charge in [0.2, 0.25) is 15.9 Å². The van der Waals surface area contributed by atoms with Gasteiger partial charge in [0, 0.05) is 11.8 Å². The summed E-state index contributed by atoms with van der Waals surface area (Å²) in [5.41, 5.74) is 0.379. The van der Waals surface area contributed by atoms with E-state index in [1.54, 1.807) is 0 Å². The fourth-order valence-electron chi connectivity index (χ4n) is 2.69. The quantitative estimate of drug-likeness (QED) is 0.656. The number of nitrogens with one attached hydrogen (secondary N) is 2. The van der Waals surface area contributed by atoms with Crippen molar-refractivity contribution in [3.63, 3.8) is 0 Å². The molecule has 1 heterocycles. The Hall–Kier alpha value is -2.30. The van der Waals surface area contributed by atoms with Crippen LogP contribution in [0.5, 0.6) is 11.5 Å². The minimum Gasteiger partial charge on any atom is -0.486 e. The Bertz CT molecular complexity index is 967.